The summed E-state index contributed by atoms with van der Waals surface area (Å²) in [5.41, 5.74) is 3.96. The molecule has 6 atom stereocenters. The Morgan fingerprint density at radius 1 is 1.06 bits per heavy atom. The van der Waals surface area contributed by atoms with E-state index in [1.54, 1.807) is 0 Å². The lowest BCUT2D eigenvalue weighted by molar-refractivity contribution is -0.185. The fourth-order valence-corrected chi connectivity index (χ4v) is 8.04. The smallest absolute Gasteiger partial charge is 0.302 e. The quantitative estimate of drug-likeness (QED) is 0.182. The zero-order valence-electron chi connectivity index (χ0n) is 24.0. The van der Waals surface area contributed by atoms with E-state index >= 15 is 0 Å². The topological polar surface area (TPSA) is 63.6 Å². The van der Waals surface area contributed by atoms with Crippen molar-refractivity contribution in [1.29, 1.82) is 0 Å². The normalized spacial score (nSPS) is 36.2. The molecule has 0 aliphatic heterocycles. The summed E-state index contributed by atoms with van der Waals surface area (Å²) < 4.78 is 5.77. The molecule has 36 heavy (non-hydrogen) atoms. The van der Waals surface area contributed by atoms with E-state index in [4.69, 9.17) is 4.74 Å². The Bertz CT molecular complexity index is 1010. The second-order valence-corrected chi connectivity index (χ2v) is 13.0. The van der Waals surface area contributed by atoms with Crippen molar-refractivity contribution in [1.82, 2.24) is 0 Å². The summed E-state index contributed by atoms with van der Waals surface area (Å²) in [5, 5.41) is 10.4. The van der Waals surface area contributed by atoms with Crippen molar-refractivity contribution >= 4 is 11.8 Å². The number of esters is 1. The highest BCUT2D eigenvalue weighted by Crippen LogP contribution is 2.69. The molecule has 0 spiro atoms. The molecule has 4 nitrogen and oxygen atoms in total. The van der Waals surface area contributed by atoms with Gasteiger partial charge in [-0.1, -0.05) is 57.6 Å². The first-order chi connectivity index (χ1) is 16.6. The lowest BCUT2D eigenvalue weighted by Crippen LogP contribution is -2.58. The number of ether oxygens (including phenoxy) is 1. The predicted octanol–water partition coefficient (Wildman–Crippen LogP) is 7.29. The van der Waals surface area contributed by atoms with Crippen LogP contribution in [0.5, 0.6) is 0 Å². The number of Topliss-reactive ketones (excluding diaryl/α,β-unsaturated/α-hetero) is 1. The van der Waals surface area contributed by atoms with Gasteiger partial charge >= 0.3 is 5.97 Å². The van der Waals surface area contributed by atoms with Gasteiger partial charge < -0.3 is 9.84 Å². The van der Waals surface area contributed by atoms with Gasteiger partial charge in [-0.3, -0.25) is 9.59 Å². The molecule has 0 aromatic heterocycles. The van der Waals surface area contributed by atoms with Crippen molar-refractivity contribution in [2.75, 3.05) is 0 Å². The molecule has 0 aromatic rings. The number of rotatable bonds is 6. The van der Waals surface area contributed by atoms with Gasteiger partial charge in [-0.25, -0.2) is 0 Å². The molecule has 4 heteroatoms. The molecule has 3 rings (SSSR count). The third-order valence-electron chi connectivity index (χ3n) is 9.91. The summed E-state index contributed by atoms with van der Waals surface area (Å²) in [6.07, 6.45) is 12.6. The van der Waals surface area contributed by atoms with Gasteiger partial charge in [0.25, 0.3) is 0 Å². The lowest BCUT2D eigenvalue weighted by atomic mass is 9.43. The number of aliphatic hydroxyl groups excluding tert-OH is 1. The SMILES string of the molecule is CC(=O)O[C@H]1CC[C@@]2(C)[C@@H](CC[C@]3(C)\C(=C(C)/C=C/C=C(\C)[C@@H](O)CC=C(C)C)C(=O)C[C@@H]23)C1(C)C. The van der Waals surface area contributed by atoms with E-state index in [1.165, 1.54) is 12.5 Å². The van der Waals surface area contributed by atoms with Gasteiger partial charge in [-0.2, -0.15) is 0 Å². The van der Waals surface area contributed by atoms with Gasteiger partial charge in [0.1, 0.15) is 6.10 Å². The number of hydrogen-bond donors (Lipinski definition) is 1. The Kier molecular flexibility index (Phi) is 8.30. The van der Waals surface area contributed by atoms with E-state index in [1.807, 2.05) is 39.0 Å². The molecule has 0 heterocycles. The number of carbonyl (C=O) groups is 2. The van der Waals surface area contributed by atoms with E-state index in [2.05, 4.69) is 40.7 Å². The monoisotopic (exact) mass is 496 g/mol. The molecule has 0 aromatic carbocycles. The first-order valence-corrected chi connectivity index (χ1v) is 13.7. The van der Waals surface area contributed by atoms with Gasteiger partial charge in [0.05, 0.1) is 6.10 Å². The molecule has 3 aliphatic rings. The second kappa shape index (κ2) is 10.4. The van der Waals surface area contributed by atoms with Crippen LogP contribution in [0.25, 0.3) is 0 Å². The van der Waals surface area contributed by atoms with Crippen LogP contribution in [-0.4, -0.2) is 29.1 Å². The zero-order valence-corrected chi connectivity index (χ0v) is 24.0. The van der Waals surface area contributed by atoms with Gasteiger partial charge in [-0.15, -0.1) is 0 Å². The summed E-state index contributed by atoms with van der Waals surface area (Å²) in [5.74, 6) is 0.804. The van der Waals surface area contributed by atoms with Crippen LogP contribution in [-0.2, 0) is 14.3 Å². The predicted molar refractivity (Wildman–Crippen MR) is 146 cm³/mol. The molecule has 1 N–H and O–H groups in total. The molecule has 0 saturated heterocycles. The van der Waals surface area contributed by atoms with Crippen LogP contribution in [0, 0.1) is 28.1 Å². The average molecular weight is 497 g/mol. The molecule has 0 bridgehead atoms. The average Bonchev–Trinajstić information content (AvgIpc) is 3.05. The molecular formula is C32H48O4. The highest BCUT2D eigenvalue weighted by molar-refractivity contribution is 6.00. The van der Waals surface area contributed by atoms with Crippen LogP contribution < -0.4 is 0 Å². The lowest BCUT2D eigenvalue weighted by Gasteiger charge is -2.62. The number of fused-ring (bicyclic) bond motifs is 3. The van der Waals surface area contributed by atoms with E-state index in [9.17, 15) is 14.7 Å². The van der Waals surface area contributed by atoms with Crippen molar-refractivity contribution in [2.45, 2.75) is 113 Å². The van der Waals surface area contributed by atoms with E-state index < -0.39 is 6.10 Å². The van der Waals surface area contributed by atoms with Crippen LogP contribution in [0.1, 0.15) is 101 Å². The third-order valence-corrected chi connectivity index (χ3v) is 9.91. The van der Waals surface area contributed by atoms with Crippen LogP contribution in [0.3, 0.4) is 0 Å². The molecule has 200 valence electrons. The van der Waals surface area contributed by atoms with Crippen molar-refractivity contribution < 1.29 is 19.4 Å². The fourth-order valence-electron chi connectivity index (χ4n) is 8.04. The first-order valence-electron chi connectivity index (χ1n) is 13.7. The van der Waals surface area contributed by atoms with Gasteiger partial charge in [0.15, 0.2) is 5.78 Å². The summed E-state index contributed by atoms with van der Waals surface area (Å²) >= 11 is 0. The van der Waals surface area contributed by atoms with Crippen molar-refractivity contribution in [3.8, 4) is 0 Å². The Balaban J connectivity index is 1.87. The van der Waals surface area contributed by atoms with E-state index in [0.29, 0.717) is 24.7 Å². The number of ketones is 1. The number of hydrogen-bond acceptors (Lipinski definition) is 4. The van der Waals surface area contributed by atoms with E-state index in [-0.39, 0.29) is 34.1 Å². The minimum atomic E-state index is -0.492. The summed E-state index contributed by atoms with van der Waals surface area (Å²) in [6, 6.07) is 0. The standard InChI is InChI=1S/C32H48O4/c1-20(2)13-14-24(34)21(3)11-10-12-22(4)29-25(35)19-27-31(8)18-16-28(36-23(5)33)30(6,7)26(31)15-17-32(27,29)9/h10-13,24,26-28,34H,14-19H2,1-9H3/b12-10+,21-11+,29-22-/t24-,26-,27-,28-,31-,32-/m0/s1. The fraction of sp³-hybridized carbons (Fsp3) is 0.688. The van der Waals surface area contributed by atoms with Gasteiger partial charge in [-0.05, 0) is 88.2 Å². The summed E-state index contributed by atoms with van der Waals surface area (Å²) in [4.78, 5) is 25.3. The molecule has 0 amide bonds. The summed E-state index contributed by atoms with van der Waals surface area (Å²) in [7, 11) is 0. The number of aliphatic hydroxyl groups is 1. The minimum Gasteiger partial charge on any atom is -0.462 e. The maximum atomic E-state index is 13.5. The zero-order chi connectivity index (χ0) is 27.1. The molecule has 0 unspecified atom stereocenters. The highest BCUT2D eigenvalue weighted by atomic mass is 16.5. The van der Waals surface area contributed by atoms with Gasteiger partial charge in [0, 0.05) is 29.7 Å². The third kappa shape index (κ3) is 5.21. The molecule has 3 saturated carbocycles. The van der Waals surface area contributed by atoms with E-state index in [0.717, 1.165) is 42.4 Å². The molecular weight excluding hydrogens is 448 g/mol. The van der Waals surface area contributed by atoms with Crippen molar-refractivity contribution in [3.05, 3.63) is 46.6 Å². The Labute approximate surface area is 219 Å². The Morgan fingerprint density at radius 2 is 1.72 bits per heavy atom. The molecule has 3 aliphatic carbocycles. The van der Waals surface area contributed by atoms with Crippen LogP contribution in [0.4, 0.5) is 0 Å². The Hall–Kier alpha value is -1.94. The van der Waals surface area contributed by atoms with Crippen LogP contribution >= 0.6 is 0 Å². The number of carbonyl (C=O) groups excluding carboxylic acids is 2. The second-order valence-electron chi connectivity index (χ2n) is 13.0. The van der Waals surface area contributed by atoms with Crippen molar-refractivity contribution in [3.63, 3.8) is 0 Å². The maximum Gasteiger partial charge on any atom is 0.302 e. The Morgan fingerprint density at radius 3 is 2.33 bits per heavy atom. The highest BCUT2D eigenvalue weighted by Gasteiger charge is 2.65. The van der Waals surface area contributed by atoms with Crippen LogP contribution in [0.15, 0.2) is 46.6 Å². The molecule has 0 radical (unpaired) electrons. The number of allylic oxidation sites excluding steroid dienone is 6. The summed E-state index contributed by atoms with van der Waals surface area (Å²) in [6.45, 7) is 18.8. The maximum absolute atomic E-state index is 13.5. The van der Waals surface area contributed by atoms with Crippen LogP contribution in [0.2, 0.25) is 0 Å². The molecule has 3 fully saturated rings. The minimum absolute atomic E-state index is 0.0417. The first kappa shape index (κ1) is 28.6. The van der Waals surface area contributed by atoms with Crippen molar-refractivity contribution in [2.24, 2.45) is 28.1 Å². The van der Waals surface area contributed by atoms with Gasteiger partial charge in [0.2, 0.25) is 0 Å². The largest absolute Gasteiger partial charge is 0.462 e.